The Morgan fingerprint density at radius 2 is 2.04 bits per heavy atom. The summed E-state index contributed by atoms with van der Waals surface area (Å²) in [6, 6.07) is 9.69. The van der Waals surface area contributed by atoms with Gasteiger partial charge in [-0.1, -0.05) is 30.3 Å². The Hall–Kier alpha value is -2.93. The maximum absolute atomic E-state index is 13.2. The average molecular weight is 368 g/mol. The van der Waals surface area contributed by atoms with Crippen LogP contribution in [0.3, 0.4) is 0 Å². The quantitative estimate of drug-likeness (QED) is 0.856. The maximum Gasteiger partial charge on any atom is 0.255 e. The predicted molar refractivity (Wildman–Crippen MR) is 95.0 cm³/mol. The second kappa shape index (κ2) is 7.36. The number of ether oxygens (including phenoxy) is 1. The van der Waals surface area contributed by atoms with Gasteiger partial charge in [-0.25, -0.2) is 0 Å². The summed E-state index contributed by atoms with van der Waals surface area (Å²) in [5.74, 6) is -0.727. The molecule has 2 fully saturated rings. The molecule has 0 saturated carbocycles. The molecule has 2 saturated heterocycles. The second-order valence-electron chi connectivity index (χ2n) is 6.81. The van der Waals surface area contributed by atoms with Gasteiger partial charge in [0.2, 0.25) is 5.91 Å². The molecule has 3 atom stereocenters. The van der Waals surface area contributed by atoms with Crippen molar-refractivity contribution >= 4 is 17.6 Å². The molecule has 2 aromatic rings. The Labute approximate surface area is 156 Å². The van der Waals surface area contributed by atoms with Crippen molar-refractivity contribution in [3.63, 3.8) is 0 Å². The zero-order valence-electron chi connectivity index (χ0n) is 14.7. The van der Waals surface area contributed by atoms with Crippen molar-refractivity contribution in [1.82, 2.24) is 10.2 Å². The van der Waals surface area contributed by atoms with E-state index in [0.717, 1.165) is 5.56 Å². The molecule has 1 aromatic heterocycles. The summed E-state index contributed by atoms with van der Waals surface area (Å²) in [4.78, 5) is 39.4. The van der Waals surface area contributed by atoms with Gasteiger partial charge in [0.15, 0.2) is 5.78 Å². The van der Waals surface area contributed by atoms with Crippen molar-refractivity contribution in [2.75, 3.05) is 13.2 Å². The van der Waals surface area contributed by atoms with Crippen LogP contribution in [-0.2, 0) is 20.7 Å². The van der Waals surface area contributed by atoms with Crippen LogP contribution in [0.2, 0.25) is 0 Å². The first kappa shape index (κ1) is 17.5. The van der Waals surface area contributed by atoms with Gasteiger partial charge in [-0.15, -0.1) is 0 Å². The standard InChI is InChI=1S/C20H20N2O5/c23-16-12-27-17-6-8-22(18(16)17)20(25)15(10-13-4-2-1-3-5-13)21-19(24)14-7-9-26-11-14/h1-5,7,9,11,15,17-18H,6,8,10,12H2,(H,21,24)/t15-,17+,18+/m0/s1. The smallest absolute Gasteiger partial charge is 0.255 e. The molecule has 27 heavy (non-hydrogen) atoms. The molecule has 2 aliphatic heterocycles. The summed E-state index contributed by atoms with van der Waals surface area (Å²) in [7, 11) is 0. The Bertz CT molecular complexity index is 833. The molecule has 0 spiro atoms. The van der Waals surface area contributed by atoms with E-state index in [4.69, 9.17) is 9.15 Å². The summed E-state index contributed by atoms with van der Waals surface area (Å²) in [5.41, 5.74) is 1.27. The monoisotopic (exact) mass is 368 g/mol. The Morgan fingerprint density at radius 1 is 1.22 bits per heavy atom. The Kier molecular flexibility index (Phi) is 4.77. The van der Waals surface area contributed by atoms with Crippen LogP contribution in [0.5, 0.6) is 0 Å². The van der Waals surface area contributed by atoms with Crippen molar-refractivity contribution in [3.8, 4) is 0 Å². The van der Waals surface area contributed by atoms with Gasteiger partial charge in [-0.3, -0.25) is 14.4 Å². The van der Waals surface area contributed by atoms with Gasteiger partial charge in [-0.05, 0) is 18.1 Å². The fourth-order valence-corrected chi connectivity index (χ4v) is 3.73. The molecule has 4 rings (SSSR count). The van der Waals surface area contributed by atoms with Crippen LogP contribution < -0.4 is 5.32 Å². The van der Waals surface area contributed by atoms with Crippen molar-refractivity contribution in [3.05, 3.63) is 60.1 Å². The van der Waals surface area contributed by atoms with Gasteiger partial charge in [0.1, 0.15) is 25.0 Å². The van der Waals surface area contributed by atoms with Crippen LogP contribution >= 0.6 is 0 Å². The molecule has 3 heterocycles. The number of hydrogen-bond acceptors (Lipinski definition) is 5. The molecular formula is C20H20N2O5. The first-order chi connectivity index (χ1) is 13.1. The lowest BCUT2D eigenvalue weighted by molar-refractivity contribution is -0.138. The third-order valence-corrected chi connectivity index (χ3v) is 5.06. The Balaban J connectivity index is 1.55. The van der Waals surface area contributed by atoms with E-state index in [9.17, 15) is 14.4 Å². The van der Waals surface area contributed by atoms with Gasteiger partial charge in [0.05, 0.1) is 17.9 Å². The number of rotatable bonds is 5. The first-order valence-electron chi connectivity index (χ1n) is 8.95. The number of furan rings is 1. The molecule has 2 amide bonds. The number of carbonyl (C=O) groups excluding carboxylic acids is 3. The van der Waals surface area contributed by atoms with Crippen LogP contribution in [0.4, 0.5) is 0 Å². The summed E-state index contributed by atoms with van der Waals surface area (Å²) < 4.78 is 10.4. The number of Topliss-reactive ketones (excluding diaryl/α,β-unsaturated/α-hetero) is 1. The van der Waals surface area contributed by atoms with Crippen LogP contribution in [-0.4, -0.2) is 53.8 Å². The highest BCUT2D eigenvalue weighted by Crippen LogP contribution is 2.28. The highest BCUT2D eigenvalue weighted by atomic mass is 16.5. The van der Waals surface area contributed by atoms with Crippen molar-refractivity contribution < 1.29 is 23.5 Å². The normalized spacial score (nSPS) is 22.5. The van der Waals surface area contributed by atoms with Crippen molar-refractivity contribution in [1.29, 1.82) is 0 Å². The maximum atomic E-state index is 13.2. The number of ketones is 1. The van der Waals surface area contributed by atoms with E-state index in [1.54, 1.807) is 11.0 Å². The minimum absolute atomic E-state index is 0.0455. The van der Waals surface area contributed by atoms with Crippen LogP contribution in [0.1, 0.15) is 22.3 Å². The van der Waals surface area contributed by atoms with Crippen LogP contribution in [0.15, 0.2) is 53.3 Å². The van der Waals surface area contributed by atoms with E-state index in [1.165, 1.54) is 12.5 Å². The average Bonchev–Trinajstić information content (AvgIpc) is 3.41. The van der Waals surface area contributed by atoms with Gasteiger partial charge in [0, 0.05) is 13.0 Å². The van der Waals surface area contributed by atoms with E-state index in [1.807, 2.05) is 30.3 Å². The van der Waals surface area contributed by atoms with E-state index >= 15 is 0 Å². The number of carbonyl (C=O) groups is 3. The highest BCUT2D eigenvalue weighted by molar-refractivity contribution is 5.99. The SMILES string of the molecule is O=C(N[C@@H](Cc1ccccc1)C(=O)N1CC[C@H]2OCC(=O)[C@H]21)c1ccoc1. The molecule has 7 heteroatoms. The predicted octanol–water partition coefficient (Wildman–Crippen LogP) is 1.19. The lowest BCUT2D eigenvalue weighted by Gasteiger charge is -2.27. The Morgan fingerprint density at radius 3 is 2.78 bits per heavy atom. The number of nitrogens with one attached hydrogen (secondary N) is 1. The molecular weight excluding hydrogens is 348 g/mol. The molecule has 2 aliphatic rings. The molecule has 7 nitrogen and oxygen atoms in total. The zero-order valence-corrected chi connectivity index (χ0v) is 14.7. The van der Waals surface area contributed by atoms with E-state index in [-0.39, 0.29) is 30.3 Å². The minimum Gasteiger partial charge on any atom is -0.472 e. The van der Waals surface area contributed by atoms with E-state index in [2.05, 4.69) is 5.32 Å². The minimum atomic E-state index is -0.776. The number of fused-ring (bicyclic) bond motifs is 1. The number of likely N-dealkylation sites (tertiary alicyclic amines) is 1. The van der Waals surface area contributed by atoms with Crippen LogP contribution in [0.25, 0.3) is 0 Å². The molecule has 1 aromatic carbocycles. The molecule has 0 unspecified atom stereocenters. The molecule has 1 N–H and O–H groups in total. The summed E-state index contributed by atoms with van der Waals surface area (Å²) in [6.07, 6.45) is 3.48. The topological polar surface area (TPSA) is 88.9 Å². The third kappa shape index (κ3) is 3.50. The second-order valence-corrected chi connectivity index (χ2v) is 6.81. The third-order valence-electron chi connectivity index (χ3n) is 5.06. The summed E-state index contributed by atoms with van der Waals surface area (Å²) >= 11 is 0. The number of hydrogen-bond donors (Lipinski definition) is 1. The number of nitrogens with zero attached hydrogens (tertiary/aromatic N) is 1. The highest BCUT2D eigenvalue weighted by Gasteiger charge is 2.48. The molecule has 0 bridgehead atoms. The molecule has 0 radical (unpaired) electrons. The number of benzene rings is 1. The van der Waals surface area contributed by atoms with E-state index in [0.29, 0.717) is 24.9 Å². The summed E-state index contributed by atoms with van der Waals surface area (Å²) in [5, 5.41) is 2.80. The molecule has 0 aliphatic carbocycles. The van der Waals surface area contributed by atoms with Gasteiger partial charge in [-0.2, -0.15) is 0 Å². The lowest BCUT2D eigenvalue weighted by atomic mass is 10.0. The van der Waals surface area contributed by atoms with Crippen molar-refractivity contribution in [2.24, 2.45) is 0 Å². The van der Waals surface area contributed by atoms with Gasteiger partial charge in [0.25, 0.3) is 5.91 Å². The lowest BCUT2D eigenvalue weighted by Crippen LogP contribution is -2.53. The molecule has 140 valence electrons. The zero-order chi connectivity index (χ0) is 18.8. The first-order valence-corrected chi connectivity index (χ1v) is 8.95. The summed E-state index contributed by atoms with van der Waals surface area (Å²) in [6.45, 7) is 0.497. The van der Waals surface area contributed by atoms with Gasteiger partial charge >= 0.3 is 0 Å². The fraction of sp³-hybridized carbons (Fsp3) is 0.350. The largest absolute Gasteiger partial charge is 0.472 e. The number of amides is 2. The van der Waals surface area contributed by atoms with Crippen molar-refractivity contribution in [2.45, 2.75) is 31.0 Å². The van der Waals surface area contributed by atoms with Gasteiger partial charge < -0.3 is 19.4 Å². The van der Waals surface area contributed by atoms with Crippen LogP contribution in [0, 0.1) is 0 Å². The fourth-order valence-electron chi connectivity index (χ4n) is 3.73. The van der Waals surface area contributed by atoms with E-state index < -0.39 is 12.1 Å².